The number of rotatable bonds is 5. The van der Waals surface area contributed by atoms with Gasteiger partial charge in [0.05, 0.1) is 39.0 Å². The largest absolute Gasteiger partial charge is 0.454 e. The van der Waals surface area contributed by atoms with E-state index in [4.69, 9.17) is 4.42 Å². The molecule has 0 amide bonds. The van der Waals surface area contributed by atoms with Gasteiger partial charge < -0.3 is 13.6 Å². The summed E-state index contributed by atoms with van der Waals surface area (Å²) in [5, 5.41) is 16.2. The van der Waals surface area contributed by atoms with Gasteiger partial charge in [-0.3, -0.25) is 0 Å². The molecule has 226 valence electrons. The minimum absolute atomic E-state index is 0.607. The SMILES string of the molecule is C=Cc1c(/C=C\C)oc2c1ccc1c3ccccc3n(-c3ccccc3-c3cccc(C#N)c3-n3c4ccccc4c4ccccc43)c12. The molecule has 0 saturated heterocycles. The van der Waals surface area contributed by atoms with Crippen LogP contribution in [-0.4, -0.2) is 9.13 Å². The average Bonchev–Trinajstić information content (AvgIpc) is 3.78. The zero-order valence-electron chi connectivity index (χ0n) is 26.3. The van der Waals surface area contributed by atoms with Gasteiger partial charge in [-0.05, 0) is 49.4 Å². The van der Waals surface area contributed by atoms with E-state index < -0.39 is 0 Å². The summed E-state index contributed by atoms with van der Waals surface area (Å²) in [5.41, 5.74) is 10.4. The van der Waals surface area contributed by atoms with Crippen molar-refractivity contribution in [2.75, 3.05) is 0 Å². The fourth-order valence-corrected chi connectivity index (χ4v) is 7.53. The topological polar surface area (TPSA) is 46.8 Å². The molecular formula is C44H29N3O. The molecule has 4 nitrogen and oxygen atoms in total. The minimum atomic E-state index is 0.607. The Labute approximate surface area is 277 Å². The number of nitrogens with zero attached hydrogens (tertiary/aromatic N) is 3. The van der Waals surface area contributed by atoms with E-state index in [1.165, 1.54) is 0 Å². The lowest BCUT2D eigenvalue weighted by molar-refractivity contribution is 0.605. The van der Waals surface area contributed by atoms with Crippen LogP contribution in [-0.2, 0) is 0 Å². The molecule has 4 heteroatoms. The van der Waals surface area contributed by atoms with Gasteiger partial charge in [0.2, 0.25) is 0 Å². The molecule has 0 N–H and O–H groups in total. The number of aromatic nitrogens is 2. The zero-order chi connectivity index (χ0) is 32.4. The molecule has 48 heavy (non-hydrogen) atoms. The molecule has 0 fully saturated rings. The van der Waals surface area contributed by atoms with Gasteiger partial charge in [-0.2, -0.15) is 5.26 Å². The van der Waals surface area contributed by atoms with Crippen molar-refractivity contribution in [2.24, 2.45) is 0 Å². The third-order valence-electron chi connectivity index (χ3n) is 9.48. The second-order valence-electron chi connectivity index (χ2n) is 12.0. The summed E-state index contributed by atoms with van der Waals surface area (Å²) in [7, 11) is 0. The van der Waals surface area contributed by atoms with Crippen LogP contribution in [0.25, 0.3) is 89.2 Å². The van der Waals surface area contributed by atoms with Gasteiger partial charge in [0, 0.05) is 43.6 Å². The maximum atomic E-state index is 10.6. The molecule has 9 aromatic rings. The van der Waals surface area contributed by atoms with Crippen LogP contribution in [0.1, 0.15) is 23.8 Å². The van der Waals surface area contributed by atoms with Crippen molar-refractivity contribution in [3.8, 4) is 28.6 Å². The normalized spacial score (nSPS) is 11.8. The summed E-state index contributed by atoms with van der Waals surface area (Å²) in [6.07, 6.45) is 5.86. The molecule has 0 atom stereocenters. The van der Waals surface area contributed by atoms with E-state index in [0.29, 0.717) is 5.56 Å². The van der Waals surface area contributed by atoms with Crippen molar-refractivity contribution in [3.63, 3.8) is 0 Å². The highest BCUT2D eigenvalue weighted by Gasteiger charge is 2.24. The highest BCUT2D eigenvalue weighted by atomic mass is 16.3. The molecule has 0 aliphatic rings. The fraction of sp³-hybridized carbons (Fsp3) is 0.0227. The number of nitriles is 1. The van der Waals surface area contributed by atoms with Crippen LogP contribution in [0.4, 0.5) is 0 Å². The van der Waals surface area contributed by atoms with Crippen molar-refractivity contribution >= 4 is 66.7 Å². The van der Waals surface area contributed by atoms with E-state index in [0.717, 1.165) is 88.4 Å². The molecule has 3 aromatic heterocycles. The monoisotopic (exact) mass is 615 g/mol. The number of benzene rings is 6. The van der Waals surface area contributed by atoms with Crippen LogP contribution in [0.5, 0.6) is 0 Å². The Hall–Kier alpha value is -6.57. The Morgan fingerprint density at radius 3 is 1.88 bits per heavy atom. The molecule has 0 bridgehead atoms. The quantitative estimate of drug-likeness (QED) is 0.193. The third kappa shape index (κ3) is 3.82. The van der Waals surface area contributed by atoms with Crippen LogP contribution in [0.3, 0.4) is 0 Å². The first kappa shape index (κ1) is 27.7. The minimum Gasteiger partial charge on any atom is -0.454 e. The lowest BCUT2D eigenvalue weighted by Gasteiger charge is -2.19. The van der Waals surface area contributed by atoms with E-state index in [9.17, 15) is 5.26 Å². The zero-order valence-corrected chi connectivity index (χ0v) is 26.3. The Morgan fingerprint density at radius 2 is 1.21 bits per heavy atom. The number of fused-ring (bicyclic) bond motifs is 8. The fourth-order valence-electron chi connectivity index (χ4n) is 7.53. The second kappa shape index (κ2) is 10.8. The predicted molar refractivity (Wildman–Crippen MR) is 200 cm³/mol. The van der Waals surface area contributed by atoms with Gasteiger partial charge >= 0.3 is 0 Å². The Balaban J connectivity index is 1.43. The summed E-state index contributed by atoms with van der Waals surface area (Å²) in [6, 6.07) is 46.7. The first-order valence-corrected chi connectivity index (χ1v) is 16.1. The van der Waals surface area contributed by atoms with Crippen molar-refractivity contribution in [2.45, 2.75) is 6.92 Å². The Morgan fingerprint density at radius 1 is 0.625 bits per heavy atom. The standard InChI is InChI=1S/C44H29N3O/c1-3-14-41-29(4-2)36-26-25-35-33-19-8-12-24-40(33)47(43(35)44(36)48-41)39-23-11-7-18-32(39)34-20-13-15-28(27-45)42(34)46-37-21-9-5-16-30(37)31-17-6-10-22-38(31)46/h3-26H,2H2,1H3/b14-3-. The van der Waals surface area contributed by atoms with Gasteiger partial charge in [0.1, 0.15) is 11.8 Å². The molecule has 0 radical (unpaired) electrons. The highest BCUT2D eigenvalue weighted by Crippen LogP contribution is 2.44. The molecule has 9 rings (SSSR count). The van der Waals surface area contributed by atoms with Gasteiger partial charge in [-0.15, -0.1) is 0 Å². The maximum absolute atomic E-state index is 10.6. The van der Waals surface area contributed by atoms with Crippen molar-refractivity contribution < 1.29 is 4.42 Å². The Bertz CT molecular complexity index is 2780. The van der Waals surface area contributed by atoms with Crippen LogP contribution < -0.4 is 0 Å². The van der Waals surface area contributed by atoms with Gasteiger partial charge in [-0.1, -0.05) is 110 Å². The van der Waals surface area contributed by atoms with Gasteiger partial charge in [-0.25, -0.2) is 0 Å². The summed E-state index contributed by atoms with van der Waals surface area (Å²) >= 11 is 0. The molecular weight excluding hydrogens is 587 g/mol. The highest BCUT2D eigenvalue weighted by molar-refractivity contribution is 6.19. The molecule has 0 aliphatic heterocycles. The van der Waals surface area contributed by atoms with Crippen molar-refractivity contribution in [1.29, 1.82) is 5.26 Å². The lowest BCUT2D eigenvalue weighted by atomic mass is 9.98. The lowest BCUT2D eigenvalue weighted by Crippen LogP contribution is -2.03. The third-order valence-corrected chi connectivity index (χ3v) is 9.48. The second-order valence-corrected chi connectivity index (χ2v) is 12.0. The number of hydrogen-bond acceptors (Lipinski definition) is 2. The first-order chi connectivity index (χ1) is 23.7. The summed E-state index contributed by atoms with van der Waals surface area (Å²) in [6.45, 7) is 6.11. The summed E-state index contributed by atoms with van der Waals surface area (Å²) < 4.78 is 11.3. The molecule has 0 unspecified atom stereocenters. The van der Waals surface area contributed by atoms with Gasteiger partial charge in [0.25, 0.3) is 0 Å². The molecule has 3 heterocycles. The van der Waals surface area contributed by atoms with E-state index in [1.807, 2.05) is 37.3 Å². The number of furan rings is 1. The summed E-state index contributed by atoms with van der Waals surface area (Å²) in [4.78, 5) is 0. The first-order valence-electron chi connectivity index (χ1n) is 16.1. The molecule has 6 aromatic carbocycles. The maximum Gasteiger partial charge on any atom is 0.160 e. The molecule has 0 saturated carbocycles. The average molecular weight is 616 g/mol. The van der Waals surface area contributed by atoms with Crippen LogP contribution in [0.2, 0.25) is 0 Å². The van der Waals surface area contributed by atoms with E-state index >= 15 is 0 Å². The number of hydrogen-bond donors (Lipinski definition) is 0. The predicted octanol–water partition coefficient (Wildman–Crippen LogP) is 11.8. The van der Waals surface area contributed by atoms with E-state index in [2.05, 4.69) is 137 Å². The van der Waals surface area contributed by atoms with Crippen LogP contribution in [0, 0.1) is 11.3 Å². The number of para-hydroxylation sites is 5. The van der Waals surface area contributed by atoms with Crippen molar-refractivity contribution in [3.05, 3.63) is 157 Å². The smallest absolute Gasteiger partial charge is 0.160 e. The summed E-state index contributed by atoms with van der Waals surface area (Å²) in [5.74, 6) is 0.787. The Kier molecular flexibility index (Phi) is 6.21. The molecule has 0 aliphatic carbocycles. The molecule has 0 spiro atoms. The van der Waals surface area contributed by atoms with Crippen LogP contribution in [0.15, 0.2) is 144 Å². The number of allylic oxidation sites excluding steroid dienone is 1. The van der Waals surface area contributed by atoms with E-state index in [-0.39, 0.29) is 0 Å². The van der Waals surface area contributed by atoms with Gasteiger partial charge in [0.15, 0.2) is 5.58 Å². The van der Waals surface area contributed by atoms with Crippen molar-refractivity contribution in [1.82, 2.24) is 9.13 Å². The van der Waals surface area contributed by atoms with E-state index in [1.54, 1.807) is 0 Å². The van der Waals surface area contributed by atoms with Crippen LogP contribution >= 0.6 is 0 Å².